The highest BCUT2D eigenvalue weighted by Gasteiger charge is 2.28. The Morgan fingerprint density at radius 1 is 1.60 bits per heavy atom. The fourth-order valence-electron chi connectivity index (χ4n) is 1.44. The molecule has 1 unspecified atom stereocenters. The van der Waals surface area contributed by atoms with E-state index in [0.29, 0.717) is 16.6 Å². The summed E-state index contributed by atoms with van der Waals surface area (Å²) in [6.45, 7) is 4.16. The van der Waals surface area contributed by atoms with Crippen LogP contribution in [-0.4, -0.2) is 6.54 Å². The van der Waals surface area contributed by atoms with Crippen molar-refractivity contribution in [3.8, 4) is 6.07 Å². The van der Waals surface area contributed by atoms with Crippen molar-refractivity contribution in [3.05, 3.63) is 34.1 Å². The minimum Gasteiger partial charge on any atom is -0.296 e. The Bertz CT molecular complexity index is 400. The maximum absolute atomic E-state index is 13.6. The van der Waals surface area contributed by atoms with Gasteiger partial charge in [0, 0.05) is 10.0 Å². The van der Waals surface area contributed by atoms with Crippen LogP contribution in [0.25, 0.3) is 0 Å². The van der Waals surface area contributed by atoms with Gasteiger partial charge in [-0.25, -0.2) is 4.39 Å². The van der Waals surface area contributed by atoms with Gasteiger partial charge in [0.1, 0.15) is 11.4 Å². The third-order valence-corrected chi connectivity index (χ3v) is 2.72. The summed E-state index contributed by atoms with van der Waals surface area (Å²) in [7, 11) is 0. The third kappa shape index (κ3) is 2.55. The van der Waals surface area contributed by atoms with E-state index in [1.54, 1.807) is 19.1 Å². The number of nitrogens with one attached hydrogen (secondary N) is 1. The lowest BCUT2D eigenvalue weighted by atomic mass is 9.93. The number of rotatable bonds is 3. The van der Waals surface area contributed by atoms with Crippen molar-refractivity contribution < 1.29 is 4.39 Å². The first-order valence-corrected chi connectivity index (χ1v) is 5.44. The lowest BCUT2D eigenvalue weighted by Gasteiger charge is -2.23. The Morgan fingerprint density at radius 2 is 2.27 bits per heavy atom. The number of nitriles is 1. The number of halogens is 2. The van der Waals surface area contributed by atoms with Crippen molar-refractivity contribution in [2.24, 2.45) is 0 Å². The molecule has 0 heterocycles. The number of nitrogens with zero attached hydrogens (tertiary/aromatic N) is 1. The highest BCUT2D eigenvalue weighted by atomic mass is 79.9. The summed E-state index contributed by atoms with van der Waals surface area (Å²) in [5.41, 5.74) is -0.602. The van der Waals surface area contributed by atoms with Crippen LogP contribution < -0.4 is 5.32 Å². The van der Waals surface area contributed by atoms with Gasteiger partial charge in [-0.15, -0.1) is 0 Å². The molecule has 1 aromatic carbocycles. The van der Waals surface area contributed by atoms with Gasteiger partial charge in [-0.3, -0.25) is 5.32 Å². The van der Waals surface area contributed by atoms with Crippen molar-refractivity contribution in [2.45, 2.75) is 19.4 Å². The second kappa shape index (κ2) is 4.73. The molecule has 0 amide bonds. The van der Waals surface area contributed by atoms with Gasteiger partial charge in [0.25, 0.3) is 0 Å². The molecule has 0 spiro atoms. The van der Waals surface area contributed by atoms with Gasteiger partial charge in [0.15, 0.2) is 0 Å². The Balaban J connectivity index is 3.19. The molecule has 1 aromatic rings. The molecule has 2 nitrogen and oxygen atoms in total. The van der Waals surface area contributed by atoms with E-state index in [0.717, 1.165) is 0 Å². The van der Waals surface area contributed by atoms with Crippen LogP contribution in [-0.2, 0) is 5.54 Å². The van der Waals surface area contributed by atoms with E-state index in [-0.39, 0.29) is 5.82 Å². The van der Waals surface area contributed by atoms with E-state index in [1.807, 2.05) is 6.92 Å². The van der Waals surface area contributed by atoms with E-state index in [2.05, 4.69) is 27.3 Å². The molecule has 0 radical (unpaired) electrons. The van der Waals surface area contributed by atoms with Crippen LogP contribution >= 0.6 is 15.9 Å². The van der Waals surface area contributed by atoms with Gasteiger partial charge in [-0.2, -0.15) is 5.26 Å². The lowest BCUT2D eigenvalue weighted by Crippen LogP contribution is -2.38. The van der Waals surface area contributed by atoms with E-state index >= 15 is 0 Å². The summed E-state index contributed by atoms with van der Waals surface area (Å²) < 4.78 is 14.3. The fraction of sp³-hybridized carbons (Fsp3) is 0.364. The van der Waals surface area contributed by atoms with Crippen LogP contribution in [0.4, 0.5) is 4.39 Å². The normalized spacial score (nSPS) is 14.3. The Morgan fingerprint density at radius 3 is 2.73 bits per heavy atom. The summed E-state index contributed by atoms with van der Waals surface area (Å²) in [4.78, 5) is 0. The molecule has 0 aliphatic heterocycles. The predicted molar refractivity (Wildman–Crippen MR) is 60.7 cm³/mol. The monoisotopic (exact) mass is 270 g/mol. The standard InChI is InChI=1S/C11H12BrFN2/c1-3-15-11(2,7-14)9-5-4-8(12)6-10(9)13/h4-6,15H,3H2,1-2H3. The van der Waals surface area contributed by atoms with Crippen LogP contribution in [0.3, 0.4) is 0 Å². The molecule has 0 aliphatic carbocycles. The number of benzene rings is 1. The highest BCUT2D eigenvalue weighted by Crippen LogP contribution is 2.25. The Hall–Kier alpha value is -0.920. The molecule has 0 saturated heterocycles. The van der Waals surface area contributed by atoms with Crippen LogP contribution in [0.1, 0.15) is 19.4 Å². The summed E-state index contributed by atoms with van der Waals surface area (Å²) in [5.74, 6) is -0.380. The van der Waals surface area contributed by atoms with Crippen molar-refractivity contribution in [3.63, 3.8) is 0 Å². The maximum Gasteiger partial charge on any atom is 0.132 e. The second-order valence-corrected chi connectivity index (χ2v) is 4.31. The van der Waals surface area contributed by atoms with E-state index in [4.69, 9.17) is 5.26 Å². The Kier molecular flexibility index (Phi) is 3.83. The van der Waals surface area contributed by atoms with E-state index in [1.165, 1.54) is 6.07 Å². The minimum absolute atomic E-state index is 0.370. The highest BCUT2D eigenvalue weighted by molar-refractivity contribution is 9.10. The largest absolute Gasteiger partial charge is 0.296 e. The first-order chi connectivity index (χ1) is 7.03. The van der Waals surface area contributed by atoms with E-state index < -0.39 is 5.54 Å². The molecular weight excluding hydrogens is 259 g/mol. The van der Waals surface area contributed by atoms with Crippen molar-refractivity contribution in [2.75, 3.05) is 6.54 Å². The first-order valence-electron chi connectivity index (χ1n) is 4.65. The molecule has 1 rings (SSSR count). The van der Waals surface area contributed by atoms with Crippen molar-refractivity contribution in [1.29, 1.82) is 5.26 Å². The molecular formula is C11H12BrFN2. The summed E-state index contributed by atoms with van der Waals surface area (Å²) in [5, 5.41) is 12.0. The molecule has 4 heteroatoms. The Labute approximate surface area is 97.2 Å². The number of hydrogen-bond donors (Lipinski definition) is 1. The SMILES string of the molecule is CCNC(C)(C#N)c1ccc(Br)cc1F. The predicted octanol–water partition coefficient (Wildman–Crippen LogP) is 2.94. The minimum atomic E-state index is -0.973. The zero-order valence-corrected chi connectivity index (χ0v) is 10.2. The quantitative estimate of drug-likeness (QED) is 0.917. The van der Waals surface area contributed by atoms with Crippen LogP contribution in [0.15, 0.2) is 22.7 Å². The van der Waals surface area contributed by atoms with E-state index in [9.17, 15) is 4.39 Å². The van der Waals surface area contributed by atoms with Gasteiger partial charge in [-0.1, -0.05) is 28.9 Å². The fourth-order valence-corrected chi connectivity index (χ4v) is 1.78. The van der Waals surface area contributed by atoms with Gasteiger partial charge in [0.2, 0.25) is 0 Å². The molecule has 15 heavy (non-hydrogen) atoms. The molecule has 0 aliphatic rings. The first kappa shape index (κ1) is 12.2. The third-order valence-electron chi connectivity index (χ3n) is 2.22. The zero-order valence-electron chi connectivity index (χ0n) is 8.64. The van der Waals surface area contributed by atoms with Gasteiger partial charge in [0.05, 0.1) is 6.07 Å². The van der Waals surface area contributed by atoms with Crippen LogP contribution in [0, 0.1) is 17.1 Å². The summed E-state index contributed by atoms with van der Waals surface area (Å²) >= 11 is 3.18. The van der Waals surface area contributed by atoms with Gasteiger partial charge < -0.3 is 0 Å². The van der Waals surface area contributed by atoms with Crippen LogP contribution in [0.2, 0.25) is 0 Å². The second-order valence-electron chi connectivity index (χ2n) is 3.39. The zero-order chi connectivity index (χ0) is 11.5. The summed E-state index contributed by atoms with van der Waals surface area (Å²) in [6, 6.07) is 6.80. The molecule has 80 valence electrons. The van der Waals surface area contributed by atoms with Crippen LogP contribution in [0.5, 0.6) is 0 Å². The summed E-state index contributed by atoms with van der Waals surface area (Å²) in [6.07, 6.45) is 0. The lowest BCUT2D eigenvalue weighted by molar-refractivity contribution is 0.453. The number of hydrogen-bond acceptors (Lipinski definition) is 2. The molecule has 1 atom stereocenters. The van der Waals surface area contributed by atoms with Crippen molar-refractivity contribution >= 4 is 15.9 Å². The molecule has 0 bridgehead atoms. The molecule has 0 fully saturated rings. The molecule has 0 saturated carbocycles. The maximum atomic E-state index is 13.6. The van der Waals surface area contributed by atoms with Gasteiger partial charge in [-0.05, 0) is 25.6 Å². The molecule has 1 N–H and O–H groups in total. The topological polar surface area (TPSA) is 35.8 Å². The van der Waals surface area contributed by atoms with Crippen molar-refractivity contribution in [1.82, 2.24) is 5.32 Å². The van der Waals surface area contributed by atoms with Gasteiger partial charge >= 0.3 is 0 Å². The smallest absolute Gasteiger partial charge is 0.132 e. The average molecular weight is 271 g/mol. The average Bonchev–Trinajstić information content (AvgIpc) is 2.17. The molecule has 0 aromatic heterocycles.